The maximum atomic E-state index is 3.68. The summed E-state index contributed by atoms with van der Waals surface area (Å²) >= 11 is 0. The number of rotatable bonds is 4. The molecule has 0 aromatic rings. The van der Waals surface area contributed by atoms with Gasteiger partial charge in [0.15, 0.2) is 0 Å². The first-order valence-electron chi connectivity index (χ1n) is 8.86. The molecule has 0 spiro atoms. The van der Waals surface area contributed by atoms with Crippen LogP contribution in [-0.4, -0.2) is 13.1 Å². The van der Waals surface area contributed by atoms with Crippen LogP contribution in [-0.2, 0) is 0 Å². The molecule has 19 heavy (non-hydrogen) atoms. The van der Waals surface area contributed by atoms with Gasteiger partial charge < -0.3 is 5.32 Å². The molecule has 0 aromatic carbocycles. The minimum atomic E-state index is 0.785. The first-order valence-corrected chi connectivity index (χ1v) is 8.86. The fraction of sp³-hybridized carbons (Fsp3) is 1.00. The molecule has 3 atom stereocenters. The molecular formula is C18H35N. The first-order chi connectivity index (χ1) is 9.19. The Kier molecular flexibility index (Phi) is 6.19. The lowest BCUT2D eigenvalue weighted by Crippen LogP contribution is -2.39. The zero-order valence-corrected chi connectivity index (χ0v) is 13.5. The van der Waals surface area contributed by atoms with Gasteiger partial charge in [-0.1, -0.05) is 52.4 Å². The lowest BCUT2D eigenvalue weighted by Gasteiger charge is -2.37. The summed E-state index contributed by atoms with van der Waals surface area (Å²) in [6.45, 7) is 4.92. The molecule has 0 heterocycles. The average molecular weight is 265 g/mol. The third-order valence-corrected chi connectivity index (χ3v) is 5.72. The molecular weight excluding hydrogens is 230 g/mol. The van der Waals surface area contributed by atoms with Crippen molar-refractivity contribution in [3.05, 3.63) is 0 Å². The molecule has 112 valence electrons. The smallest absolute Gasteiger partial charge is 0.00951 e. The largest absolute Gasteiger partial charge is 0.317 e. The highest BCUT2D eigenvalue weighted by atomic mass is 14.9. The van der Waals surface area contributed by atoms with Gasteiger partial charge in [-0.3, -0.25) is 0 Å². The van der Waals surface area contributed by atoms with Crippen LogP contribution in [0.4, 0.5) is 0 Å². The summed E-state index contributed by atoms with van der Waals surface area (Å²) in [6.07, 6.45) is 14.8. The van der Waals surface area contributed by atoms with E-state index in [2.05, 4.69) is 26.2 Å². The van der Waals surface area contributed by atoms with E-state index in [4.69, 9.17) is 0 Å². The van der Waals surface area contributed by atoms with E-state index in [9.17, 15) is 0 Å². The van der Waals surface area contributed by atoms with Crippen LogP contribution in [0, 0.1) is 23.7 Å². The van der Waals surface area contributed by atoms with Crippen LogP contribution in [0.15, 0.2) is 0 Å². The van der Waals surface area contributed by atoms with Crippen molar-refractivity contribution in [1.29, 1.82) is 0 Å². The fourth-order valence-corrected chi connectivity index (χ4v) is 4.84. The Morgan fingerprint density at radius 1 is 0.895 bits per heavy atom. The molecule has 1 nitrogen and oxygen atoms in total. The molecule has 2 rings (SSSR count). The Morgan fingerprint density at radius 3 is 2.00 bits per heavy atom. The average Bonchev–Trinajstić information content (AvgIpc) is 2.63. The minimum Gasteiger partial charge on any atom is -0.317 e. The van der Waals surface area contributed by atoms with Crippen LogP contribution in [0.5, 0.6) is 0 Å². The lowest BCUT2D eigenvalue weighted by molar-refractivity contribution is 0.162. The molecule has 2 saturated carbocycles. The summed E-state index contributed by atoms with van der Waals surface area (Å²) in [7, 11) is 2.20. The topological polar surface area (TPSA) is 12.0 Å². The summed E-state index contributed by atoms with van der Waals surface area (Å²) in [6, 6.07) is 0.785. The summed E-state index contributed by atoms with van der Waals surface area (Å²) in [5.41, 5.74) is 0. The van der Waals surface area contributed by atoms with E-state index in [-0.39, 0.29) is 0 Å². The van der Waals surface area contributed by atoms with Crippen LogP contribution in [0.25, 0.3) is 0 Å². The minimum absolute atomic E-state index is 0.785. The van der Waals surface area contributed by atoms with Gasteiger partial charge in [-0.15, -0.1) is 0 Å². The SMILES string of the molecule is CNC(CC1CCCCCC1)C1CC(C)CC(C)C1. The highest BCUT2D eigenvalue weighted by molar-refractivity contribution is 4.85. The lowest BCUT2D eigenvalue weighted by atomic mass is 9.72. The molecule has 1 heteroatoms. The molecule has 1 N–H and O–H groups in total. The first kappa shape index (κ1) is 15.4. The van der Waals surface area contributed by atoms with E-state index < -0.39 is 0 Å². The molecule has 2 aliphatic carbocycles. The van der Waals surface area contributed by atoms with Crippen molar-refractivity contribution in [3.63, 3.8) is 0 Å². The quantitative estimate of drug-likeness (QED) is 0.705. The summed E-state index contributed by atoms with van der Waals surface area (Å²) in [4.78, 5) is 0. The van der Waals surface area contributed by atoms with E-state index in [1.54, 1.807) is 0 Å². The van der Waals surface area contributed by atoms with Crippen molar-refractivity contribution in [3.8, 4) is 0 Å². The Morgan fingerprint density at radius 2 is 1.47 bits per heavy atom. The van der Waals surface area contributed by atoms with Gasteiger partial charge in [-0.25, -0.2) is 0 Å². The van der Waals surface area contributed by atoms with Crippen LogP contribution >= 0.6 is 0 Å². The van der Waals surface area contributed by atoms with E-state index >= 15 is 0 Å². The highest BCUT2D eigenvalue weighted by Gasteiger charge is 2.30. The number of hydrogen-bond acceptors (Lipinski definition) is 1. The number of nitrogens with one attached hydrogen (secondary N) is 1. The maximum absolute atomic E-state index is 3.68. The van der Waals surface area contributed by atoms with Gasteiger partial charge in [0.2, 0.25) is 0 Å². The molecule has 2 fully saturated rings. The van der Waals surface area contributed by atoms with Gasteiger partial charge in [-0.05, 0) is 56.4 Å². The van der Waals surface area contributed by atoms with Crippen molar-refractivity contribution in [2.75, 3.05) is 7.05 Å². The number of hydrogen-bond donors (Lipinski definition) is 1. The molecule has 0 amide bonds. The van der Waals surface area contributed by atoms with Gasteiger partial charge in [0, 0.05) is 6.04 Å². The van der Waals surface area contributed by atoms with Gasteiger partial charge in [0.1, 0.15) is 0 Å². The normalized spacial score (nSPS) is 35.8. The Balaban J connectivity index is 1.87. The van der Waals surface area contributed by atoms with Gasteiger partial charge >= 0.3 is 0 Å². The van der Waals surface area contributed by atoms with Crippen LogP contribution in [0.3, 0.4) is 0 Å². The van der Waals surface area contributed by atoms with E-state index in [1.807, 2.05) is 0 Å². The van der Waals surface area contributed by atoms with Crippen molar-refractivity contribution in [1.82, 2.24) is 5.32 Å². The zero-order chi connectivity index (χ0) is 13.7. The fourth-order valence-electron chi connectivity index (χ4n) is 4.84. The van der Waals surface area contributed by atoms with Gasteiger partial charge in [0.05, 0.1) is 0 Å². The summed E-state index contributed by atoms with van der Waals surface area (Å²) < 4.78 is 0. The van der Waals surface area contributed by atoms with E-state index in [1.165, 1.54) is 64.2 Å². The van der Waals surface area contributed by atoms with Crippen LogP contribution in [0.1, 0.15) is 78.1 Å². The molecule has 0 saturated heterocycles. The third-order valence-electron chi connectivity index (χ3n) is 5.72. The second-order valence-corrected chi connectivity index (χ2v) is 7.67. The highest BCUT2D eigenvalue weighted by Crippen LogP contribution is 2.37. The maximum Gasteiger partial charge on any atom is 0.00951 e. The van der Waals surface area contributed by atoms with Crippen LogP contribution < -0.4 is 5.32 Å². The van der Waals surface area contributed by atoms with Crippen molar-refractivity contribution in [2.45, 2.75) is 84.1 Å². The summed E-state index contributed by atoms with van der Waals surface area (Å²) in [5, 5.41) is 3.68. The predicted molar refractivity (Wildman–Crippen MR) is 84.3 cm³/mol. The van der Waals surface area contributed by atoms with Gasteiger partial charge in [0.25, 0.3) is 0 Å². The molecule has 0 aliphatic heterocycles. The Labute approximate surface area is 120 Å². The van der Waals surface area contributed by atoms with E-state index in [0.29, 0.717) is 0 Å². The van der Waals surface area contributed by atoms with Crippen molar-refractivity contribution in [2.24, 2.45) is 23.7 Å². The Bertz CT molecular complexity index is 232. The van der Waals surface area contributed by atoms with Crippen molar-refractivity contribution < 1.29 is 0 Å². The Hall–Kier alpha value is -0.0400. The monoisotopic (exact) mass is 265 g/mol. The predicted octanol–water partition coefficient (Wildman–Crippen LogP) is 5.01. The molecule has 0 bridgehead atoms. The molecule has 0 radical (unpaired) electrons. The van der Waals surface area contributed by atoms with Crippen molar-refractivity contribution >= 4 is 0 Å². The summed E-state index contributed by atoms with van der Waals surface area (Å²) in [5.74, 6) is 3.83. The molecule has 0 aromatic heterocycles. The third kappa shape index (κ3) is 4.77. The standard InChI is InChI=1S/C18H35N/c1-14-10-15(2)12-17(11-14)18(19-3)13-16-8-6-4-5-7-9-16/h14-19H,4-13H2,1-3H3. The zero-order valence-electron chi connectivity index (χ0n) is 13.5. The second-order valence-electron chi connectivity index (χ2n) is 7.67. The van der Waals surface area contributed by atoms with E-state index in [0.717, 1.165) is 29.7 Å². The van der Waals surface area contributed by atoms with Crippen LogP contribution in [0.2, 0.25) is 0 Å². The van der Waals surface area contributed by atoms with Gasteiger partial charge in [-0.2, -0.15) is 0 Å². The molecule has 2 aliphatic rings. The molecule has 3 unspecified atom stereocenters. The second kappa shape index (κ2) is 7.67.